The van der Waals surface area contributed by atoms with Gasteiger partial charge in [0.05, 0.1) is 17.7 Å². The molecule has 0 saturated carbocycles. The van der Waals surface area contributed by atoms with E-state index in [0.717, 1.165) is 21.2 Å². The maximum Gasteiger partial charge on any atom is 0.248 e. The van der Waals surface area contributed by atoms with Crippen molar-refractivity contribution >= 4 is 56.3 Å². The number of carbonyl (C=O) groups is 1. The molecule has 4 aromatic rings. The molecular formula is C24H18BrClN2O3. The van der Waals surface area contributed by atoms with Gasteiger partial charge in [0.25, 0.3) is 0 Å². The van der Waals surface area contributed by atoms with Crippen molar-refractivity contribution < 1.29 is 13.9 Å². The number of nitrogens with zero attached hydrogens (tertiary/aromatic N) is 1. The predicted molar refractivity (Wildman–Crippen MR) is 128 cm³/mol. The van der Waals surface area contributed by atoms with Crippen LogP contribution in [0.3, 0.4) is 0 Å². The SMILES string of the molecule is COc1ccc(Br)cc1/C=C/C(=O)Nc1ccc2oc(-c3ccc(C)cc3Cl)nc2c1. The first-order valence-electron chi connectivity index (χ1n) is 9.42. The second kappa shape index (κ2) is 8.96. The molecule has 1 amide bonds. The molecule has 0 aliphatic heterocycles. The number of fused-ring (bicyclic) bond motifs is 1. The molecule has 5 nitrogen and oxygen atoms in total. The van der Waals surface area contributed by atoms with Crippen LogP contribution in [0.2, 0.25) is 5.02 Å². The van der Waals surface area contributed by atoms with Crippen LogP contribution in [0.5, 0.6) is 5.75 Å². The van der Waals surface area contributed by atoms with Gasteiger partial charge in [-0.05, 0) is 67.1 Å². The van der Waals surface area contributed by atoms with E-state index in [4.69, 9.17) is 20.8 Å². The number of carbonyl (C=O) groups excluding carboxylic acids is 1. The van der Waals surface area contributed by atoms with Gasteiger partial charge in [-0.2, -0.15) is 0 Å². The summed E-state index contributed by atoms with van der Waals surface area (Å²) in [6, 6.07) is 16.6. The van der Waals surface area contributed by atoms with Crippen molar-refractivity contribution in [3.63, 3.8) is 0 Å². The molecule has 0 saturated heterocycles. The molecule has 0 aliphatic carbocycles. The number of hydrogen-bond acceptors (Lipinski definition) is 4. The maximum absolute atomic E-state index is 12.4. The van der Waals surface area contributed by atoms with Gasteiger partial charge < -0.3 is 14.5 Å². The van der Waals surface area contributed by atoms with E-state index in [-0.39, 0.29) is 5.91 Å². The van der Waals surface area contributed by atoms with Crippen LogP contribution in [0.15, 0.2) is 69.6 Å². The Hall–Kier alpha value is -3.09. The Morgan fingerprint density at radius 1 is 1.16 bits per heavy atom. The molecular weight excluding hydrogens is 480 g/mol. The van der Waals surface area contributed by atoms with Crippen molar-refractivity contribution in [1.29, 1.82) is 0 Å². The Balaban J connectivity index is 1.54. The number of benzene rings is 3. The number of nitrogens with one attached hydrogen (secondary N) is 1. The van der Waals surface area contributed by atoms with Gasteiger partial charge >= 0.3 is 0 Å². The first-order valence-corrected chi connectivity index (χ1v) is 10.6. The second-order valence-electron chi connectivity index (χ2n) is 6.89. The summed E-state index contributed by atoms with van der Waals surface area (Å²) in [5.74, 6) is 0.843. The average molecular weight is 498 g/mol. The fourth-order valence-electron chi connectivity index (χ4n) is 3.10. The molecule has 156 valence electrons. The van der Waals surface area contributed by atoms with Gasteiger partial charge in [0.2, 0.25) is 11.8 Å². The van der Waals surface area contributed by atoms with E-state index in [1.165, 1.54) is 6.08 Å². The number of amides is 1. The summed E-state index contributed by atoms with van der Waals surface area (Å²) in [6.07, 6.45) is 3.15. The minimum Gasteiger partial charge on any atom is -0.496 e. The summed E-state index contributed by atoms with van der Waals surface area (Å²) in [7, 11) is 1.59. The highest BCUT2D eigenvalue weighted by Gasteiger charge is 2.12. The van der Waals surface area contributed by atoms with Crippen LogP contribution in [0, 0.1) is 6.92 Å². The highest BCUT2D eigenvalue weighted by Crippen LogP contribution is 2.31. The second-order valence-corrected chi connectivity index (χ2v) is 8.22. The van der Waals surface area contributed by atoms with Crippen LogP contribution < -0.4 is 10.1 Å². The Morgan fingerprint density at radius 3 is 2.77 bits per heavy atom. The summed E-state index contributed by atoms with van der Waals surface area (Å²) >= 11 is 9.75. The summed E-state index contributed by atoms with van der Waals surface area (Å²) in [6.45, 7) is 1.97. The molecule has 1 heterocycles. The van der Waals surface area contributed by atoms with Crippen LogP contribution >= 0.6 is 27.5 Å². The Labute approximate surface area is 192 Å². The van der Waals surface area contributed by atoms with Crippen LogP contribution in [0.4, 0.5) is 5.69 Å². The molecule has 0 radical (unpaired) electrons. The number of aromatic nitrogens is 1. The van der Waals surface area contributed by atoms with E-state index in [2.05, 4.69) is 26.2 Å². The van der Waals surface area contributed by atoms with Crippen molar-refractivity contribution in [2.75, 3.05) is 12.4 Å². The van der Waals surface area contributed by atoms with Gasteiger partial charge in [0.1, 0.15) is 11.3 Å². The zero-order chi connectivity index (χ0) is 22.0. The topological polar surface area (TPSA) is 64.4 Å². The molecule has 4 rings (SSSR count). The molecule has 1 aromatic heterocycles. The normalized spacial score (nSPS) is 11.2. The molecule has 0 unspecified atom stereocenters. The number of ether oxygens (including phenoxy) is 1. The van der Waals surface area contributed by atoms with Crippen molar-refractivity contribution in [2.24, 2.45) is 0 Å². The molecule has 0 bridgehead atoms. The van der Waals surface area contributed by atoms with Gasteiger partial charge in [0, 0.05) is 21.8 Å². The first-order chi connectivity index (χ1) is 14.9. The lowest BCUT2D eigenvalue weighted by molar-refractivity contribution is -0.111. The number of rotatable bonds is 5. The molecule has 1 N–H and O–H groups in total. The van der Waals surface area contributed by atoms with E-state index in [1.54, 1.807) is 31.4 Å². The summed E-state index contributed by atoms with van der Waals surface area (Å²) in [5, 5.41) is 3.42. The van der Waals surface area contributed by atoms with Gasteiger partial charge in [-0.3, -0.25) is 4.79 Å². The first kappa shape index (κ1) is 21.2. The molecule has 31 heavy (non-hydrogen) atoms. The van der Waals surface area contributed by atoms with Crippen LogP contribution in [0.25, 0.3) is 28.6 Å². The smallest absolute Gasteiger partial charge is 0.248 e. The third kappa shape index (κ3) is 4.81. The van der Waals surface area contributed by atoms with E-state index in [9.17, 15) is 4.79 Å². The van der Waals surface area contributed by atoms with Crippen molar-refractivity contribution in [3.8, 4) is 17.2 Å². The zero-order valence-electron chi connectivity index (χ0n) is 16.8. The highest BCUT2D eigenvalue weighted by molar-refractivity contribution is 9.10. The van der Waals surface area contributed by atoms with E-state index in [0.29, 0.717) is 33.4 Å². The largest absolute Gasteiger partial charge is 0.496 e. The molecule has 0 aliphatic rings. The van der Waals surface area contributed by atoms with Gasteiger partial charge in [-0.1, -0.05) is 33.6 Å². The number of oxazole rings is 1. The fraction of sp³-hybridized carbons (Fsp3) is 0.0833. The van der Waals surface area contributed by atoms with Gasteiger partial charge in [0.15, 0.2) is 5.58 Å². The summed E-state index contributed by atoms with van der Waals surface area (Å²) < 4.78 is 12.1. The lowest BCUT2D eigenvalue weighted by Crippen LogP contribution is -2.07. The summed E-state index contributed by atoms with van der Waals surface area (Å²) in [5.41, 5.74) is 4.42. The zero-order valence-corrected chi connectivity index (χ0v) is 19.1. The third-order valence-corrected chi connectivity index (χ3v) is 5.42. The lowest BCUT2D eigenvalue weighted by Gasteiger charge is -2.05. The molecule has 7 heteroatoms. The van der Waals surface area contributed by atoms with E-state index >= 15 is 0 Å². The minimum atomic E-state index is -0.272. The van der Waals surface area contributed by atoms with Crippen LogP contribution in [-0.4, -0.2) is 18.0 Å². The average Bonchev–Trinajstić information content (AvgIpc) is 3.15. The molecule has 0 atom stereocenters. The monoisotopic (exact) mass is 496 g/mol. The minimum absolute atomic E-state index is 0.272. The number of anilines is 1. The Bertz CT molecular complexity index is 1310. The van der Waals surface area contributed by atoms with Gasteiger partial charge in [-0.15, -0.1) is 0 Å². The number of hydrogen-bond donors (Lipinski definition) is 1. The number of aryl methyl sites for hydroxylation is 1. The third-order valence-electron chi connectivity index (χ3n) is 4.62. The maximum atomic E-state index is 12.4. The molecule has 3 aromatic carbocycles. The van der Waals surface area contributed by atoms with Crippen molar-refractivity contribution in [2.45, 2.75) is 6.92 Å². The fourth-order valence-corrected chi connectivity index (χ4v) is 3.79. The lowest BCUT2D eigenvalue weighted by atomic mass is 10.1. The quantitative estimate of drug-likeness (QED) is 0.305. The van der Waals surface area contributed by atoms with E-state index < -0.39 is 0 Å². The molecule has 0 fully saturated rings. The number of halogens is 2. The van der Waals surface area contributed by atoms with Crippen molar-refractivity contribution in [3.05, 3.63) is 81.3 Å². The van der Waals surface area contributed by atoms with Crippen LogP contribution in [0.1, 0.15) is 11.1 Å². The Morgan fingerprint density at radius 2 is 2.00 bits per heavy atom. The van der Waals surface area contributed by atoms with Gasteiger partial charge in [-0.25, -0.2) is 4.98 Å². The predicted octanol–water partition coefficient (Wildman–Crippen LogP) is 6.88. The van der Waals surface area contributed by atoms with Crippen LogP contribution in [-0.2, 0) is 4.79 Å². The van der Waals surface area contributed by atoms with E-state index in [1.807, 2.05) is 43.3 Å². The molecule has 0 spiro atoms. The standard InChI is InChI=1S/C24H18BrClN2O3/c1-14-3-7-18(19(26)11-14)24-28-20-13-17(6-9-22(20)31-24)27-23(29)10-4-15-12-16(25)5-8-21(15)30-2/h3-13H,1-2H3,(H,27,29)/b10-4+. The Kier molecular flexibility index (Phi) is 6.11. The summed E-state index contributed by atoms with van der Waals surface area (Å²) in [4.78, 5) is 16.9. The van der Waals surface area contributed by atoms with Crippen molar-refractivity contribution in [1.82, 2.24) is 4.98 Å². The highest BCUT2D eigenvalue weighted by atomic mass is 79.9. The number of methoxy groups -OCH3 is 1.